The highest BCUT2D eigenvalue weighted by Gasteiger charge is 2.47. The van der Waals surface area contributed by atoms with E-state index in [9.17, 15) is 33.0 Å². The first kappa shape index (κ1) is 21.4. The maximum absolute atomic E-state index is 13.2. The van der Waals surface area contributed by atoms with Crippen LogP contribution in [0.25, 0.3) is 0 Å². The number of halogens is 3. The lowest BCUT2D eigenvalue weighted by atomic mass is 9.82. The maximum atomic E-state index is 13.2. The van der Waals surface area contributed by atoms with E-state index in [1.807, 2.05) is 0 Å². The van der Waals surface area contributed by atoms with Crippen molar-refractivity contribution < 1.29 is 33.0 Å². The fourth-order valence-corrected chi connectivity index (χ4v) is 3.31. The van der Waals surface area contributed by atoms with E-state index in [-0.39, 0.29) is 17.0 Å². The van der Waals surface area contributed by atoms with E-state index in [1.54, 1.807) is 20.8 Å². The van der Waals surface area contributed by atoms with Crippen LogP contribution in [0.1, 0.15) is 37.9 Å². The molecule has 158 valence electrons. The zero-order valence-corrected chi connectivity index (χ0v) is 16.5. The van der Waals surface area contributed by atoms with E-state index in [0.717, 1.165) is 23.1 Å². The third kappa shape index (κ3) is 3.77. The fourth-order valence-electron chi connectivity index (χ4n) is 3.31. The lowest BCUT2D eigenvalue weighted by molar-refractivity contribution is -0.137. The number of amides is 1. The number of aromatic hydroxyl groups is 1. The number of Topliss-reactive ketones (excluding diaryl/α,β-unsaturated/α-hetero) is 1. The molecule has 5 nitrogen and oxygen atoms in total. The number of hydrogen-bond acceptors (Lipinski definition) is 4. The summed E-state index contributed by atoms with van der Waals surface area (Å²) in [5.74, 6) is -2.35. The highest BCUT2D eigenvalue weighted by Crippen LogP contribution is 2.44. The maximum Gasteiger partial charge on any atom is 0.416 e. The summed E-state index contributed by atoms with van der Waals surface area (Å²) in [6, 6.07) is 8.53. The van der Waals surface area contributed by atoms with Crippen LogP contribution in [0.4, 0.5) is 18.9 Å². The molecule has 30 heavy (non-hydrogen) atoms. The van der Waals surface area contributed by atoms with Gasteiger partial charge in [-0.05, 0) is 35.9 Å². The molecule has 1 amide bonds. The smallest absolute Gasteiger partial charge is 0.416 e. The van der Waals surface area contributed by atoms with Crippen LogP contribution in [0.3, 0.4) is 0 Å². The van der Waals surface area contributed by atoms with Crippen LogP contribution in [-0.2, 0) is 15.8 Å². The summed E-state index contributed by atoms with van der Waals surface area (Å²) in [4.78, 5) is 26.9. The van der Waals surface area contributed by atoms with Crippen LogP contribution in [0.15, 0.2) is 59.9 Å². The Morgan fingerprint density at radius 3 is 2.13 bits per heavy atom. The van der Waals surface area contributed by atoms with Crippen LogP contribution in [0.5, 0.6) is 5.75 Å². The van der Waals surface area contributed by atoms with Gasteiger partial charge >= 0.3 is 6.18 Å². The molecule has 0 saturated carbocycles. The molecule has 0 radical (unpaired) electrons. The van der Waals surface area contributed by atoms with Gasteiger partial charge in [-0.3, -0.25) is 14.5 Å². The number of nitrogens with zero attached hydrogens (tertiary/aromatic N) is 1. The third-order valence-electron chi connectivity index (χ3n) is 4.79. The van der Waals surface area contributed by atoms with Crippen LogP contribution in [0, 0.1) is 5.41 Å². The summed E-state index contributed by atoms with van der Waals surface area (Å²) < 4.78 is 39.6. The van der Waals surface area contributed by atoms with E-state index < -0.39 is 40.6 Å². The van der Waals surface area contributed by atoms with Crippen molar-refractivity contribution in [1.29, 1.82) is 0 Å². The third-order valence-corrected chi connectivity index (χ3v) is 4.79. The quantitative estimate of drug-likeness (QED) is 0.740. The molecule has 1 heterocycles. The number of carbonyl (C=O) groups excluding carboxylic acids is 2. The molecular weight excluding hydrogens is 399 g/mol. The normalized spacial score (nSPS) is 17.6. The summed E-state index contributed by atoms with van der Waals surface area (Å²) in [6.45, 7) is 4.84. The highest BCUT2D eigenvalue weighted by atomic mass is 19.4. The first-order valence-corrected chi connectivity index (χ1v) is 9.10. The molecule has 8 heteroatoms. The number of phenols is 1. The Hall–Kier alpha value is -3.29. The number of aliphatic hydroxyl groups is 1. The number of phenolic OH excluding ortho intramolecular Hbond substituents is 1. The second kappa shape index (κ2) is 7.19. The molecule has 0 aromatic heterocycles. The lowest BCUT2D eigenvalue weighted by Gasteiger charge is -2.29. The number of benzene rings is 2. The second-order valence-electron chi connectivity index (χ2n) is 8.06. The molecule has 0 bridgehead atoms. The molecule has 2 N–H and O–H groups in total. The number of rotatable bonds is 3. The predicted molar refractivity (Wildman–Crippen MR) is 104 cm³/mol. The van der Waals surface area contributed by atoms with E-state index in [4.69, 9.17) is 0 Å². The van der Waals surface area contributed by atoms with Gasteiger partial charge in [-0.1, -0.05) is 39.0 Å². The van der Waals surface area contributed by atoms with Crippen LogP contribution in [-0.4, -0.2) is 21.9 Å². The Kier molecular flexibility index (Phi) is 5.14. The van der Waals surface area contributed by atoms with Crippen molar-refractivity contribution >= 4 is 17.4 Å². The molecule has 1 aliphatic rings. The molecule has 0 aliphatic carbocycles. The van der Waals surface area contributed by atoms with Gasteiger partial charge < -0.3 is 10.2 Å². The molecule has 1 atom stereocenters. The Morgan fingerprint density at radius 1 is 1.00 bits per heavy atom. The highest BCUT2D eigenvalue weighted by molar-refractivity contribution is 6.17. The van der Waals surface area contributed by atoms with Crippen LogP contribution >= 0.6 is 0 Å². The van der Waals surface area contributed by atoms with Gasteiger partial charge in [0, 0.05) is 11.1 Å². The number of carbonyl (C=O) groups is 2. The Labute approximate surface area is 171 Å². The first-order valence-electron chi connectivity index (χ1n) is 9.10. The number of hydrogen-bond donors (Lipinski definition) is 2. The van der Waals surface area contributed by atoms with E-state index in [2.05, 4.69) is 0 Å². The average Bonchev–Trinajstić information content (AvgIpc) is 2.91. The van der Waals surface area contributed by atoms with Crippen LogP contribution in [0.2, 0.25) is 0 Å². The molecule has 1 aliphatic heterocycles. The number of alkyl halides is 3. The molecule has 0 saturated heterocycles. The zero-order valence-electron chi connectivity index (χ0n) is 16.5. The van der Waals surface area contributed by atoms with Crippen molar-refractivity contribution in [2.24, 2.45) is 5.41 Å². The standard InChI is InChI=1S/C22H20F3NO4/c1-21(2,3)19(29)16-17(12-7-9-15(27)10-8-12)26(20(30)18(16)28)14-6-4-5-13(11-14)22(23,24)25/h4-11,17,27-28H,1-3H3. The molecule has 0 fully saturated rings. The topological polar surface area (TPSA) is 77.8 Å². The zero-order chi connectivity index (χ0) is 22.4. The van der Waals surface area contributed by atoms with Crippen molar-refractivity contribution in [2.75, 3.05) is 4.90 Å². The van der Waals surface area contributed by atoms with E-state index in [1.165, 1.54) is 30.3 Å². The van der Waals surface area contributed by atoms with Gasteiger partial charge in [-0.15, -0.1) is 0 Å². The molecule has 2 aromatic carbocycles. The Morgan fingerprint density at radius 2 is 1.60 bits per heavy atom. The molecule has 0 spiro atoms. The van der Waals surface area contributed by atoms with Crippen molar-refractivity contribution in [2.45, 2.75) is 33.0 Å². The number of ketones is 1. The van der Waals surface area contributed by atoms with Gasteiger partial charge in [-0.2, -0.15) is 13.2 Å². The monoisotopic (exact) mass is 419 g/mol. The van der Waals surface area contributed by atoms with Gasteiger partial charge in [-0.25, -0.2) is 0 Å². The van der Waals surface area contributed by atoms with Crippen molar-refractivity contribution in [3.8, 4) is 5.75 Å². The van der Waals surface area contributed by atoms with Gasteiger partial charge in [0.05, 0.1) is 17.2 Å². The van der Waals surface area contributed by atoms with Crippen molar-refractivity contribution in [3.63, 3.8) is 0 Å². The first-order chi connectivity index (χ1) is 13.8. The minimum Gasteiger partial charge on any atom is -0.508 e. The Balaban J connectivity index is 2.21. The summed E-state index contributed by atoms with van der Waals surface area (Å²) in [5.41, 5.74) is -1.88. The molecule has 3 rings (SSSR count). The fraction of sp³-hybridized carbons (Fsp3) is 0.273. The number of aliphatic hydroxyl groups excluding tert-OH is 1. The molecule has 1 unspecified atom stereocenters. The lowest BCUT2D eigenvalue weighted by Crippen LogP contribution is -2.33. The van der Waals surface area contributed by atoms with Gasteiger partial charge in [0.1, 0.15) is 5.75 Å². The van der Waals surface area contributed by atoms with Gasteiger partial charge in [0.25, 0.3) is 5.91 Å². The Bertz CT molecular complexity index is 1030. The largest absolute Gasteiger partial charge is 0.508 e. The SMILES string of the molecule is CC(C)(C)C(=O)C1=C(O)C(=O)N(c2cccc(C(F)(F)F)c2)C1c1ccc(O)cc1. The van der Waals surface area contributed by atoms with Crippen molar-refractivity contribution in [1.82, 2.24) is 0 Å². The van der Waals surface area contributed by atoms with Gasteiger partial charge in [0.15, 0.2) is 11.5 Å². The van der Waals surface area contributed by atoms with E-state index in [0.29, 0.717) is 5.56 Å². The average molecular weight is 419 g/mol. The summed E-state index contributed by atoms with van der Waals surface area (Å²) in [6.07, 6.45) is -4.63. The second-order valence-corrected chi connectivity index (χ2v) is 8.06. The predicted octanol–water partition coefficient (Wildman–Crippen LogP) is 4.93. The van der Waals surface area contributed by atoms with E-state index >= 15 is 0 Å². The molecular formula is C22H20F3NO4. The minimum atomic E-state index is -4.63. The van der Waals surface area contributed by atoms with Crippen LogP contribution < -0.4 is 4.90 Å². The van der Waals surface area contributed by atoms with Gasteiger partial charge in [0.2, 0.25) is 0 Å². The number of anilines is 1. The minimum absolute atomic E-state index is 0.0643. The molecule has 2 aromatic rings. The van der Waals surface area contributed by atoms with Crippen molar-refractivity contribution in [3.05, 3.63) is 71.0 Å². The summed E-state index contributed by atoms with van der Waals surface area (Å²) >= 11 is 0. The summed E-state index contributed by atoms with van der Waals surface area (Å²) in [5, 5.41) is 20.1. The summed E-state index contributed by atoms with van der Waals surface area (Å²) in [7, 11) is 0.